The van der Waals surface area contributed by atoms with E-state index in [1.54, 1.807) is 25.1 Å². The Hall–Kier alpha value is -1.62. The van der Waals surface area contributed by atoms with Crippen LogP contribution in [0.2, 0.25) is 0 Å². The van der Waals surface area contributed by atoms with Gasteiger partial charge >= 0.3 is 0 Å². The molecule has 0 saturated heterocycles. The number of rotatable bonds is 8. The summed E-state index contributed by atoms with van der Waals surface area (Å²) in [7, 11) is 0. The zero-order chi connectivity index (χ0) is 14.3. The summed E-state index contributed by atoms with van der Waals surface area (Å²) in [5, 5.41) is 3.10. The molecule has 19 heavy (non-hydrogen) atoms. The molecule has 5 heteroatoms. The fraction of sp³-hybridized carbons (Fsp3) is 0.500. The lowest BCUT2D eigenvalue weighted by Crippen LogP contribution is -2.54. The van der Waals surface area contributed by atoms with Gasteiger partial charge in [0.15, 0.2) is 11.6 Å². The number of halogens is 1. The minimum atomic E-state index is -0.832. The Bertz CT molecular complexity index is 426. The molecule has 0 saturated carbocycles. The summed E-state index contributed by atoms with van der Waals surface area (Å²) in [4.78, 5) is 11.5. The summed E-state index contributed by atoms with van der Waals surface area (Å²) >= 11 is 0. The average Bonchev–Trinajstić information content (AvgIpc) is 2.38. The number of nitrogens with one attached hydrogen (secondary N) is 1. The smallest absolute Gasteiger partial charge is 0.237 e. The summed E-state index contributed by atoms with van der Waals surface area (Å²) in [5.41, 5.74) is 4.56. The van der Waals surface area contributed by atoms with Crippen molar-refractivity contribution in [1.82, 2.24) is 5.32 Å². The first kappa shape index (κ1) is 15.4. The molecule has 0 spiro atoms. The lowest BCUT2D eigenvalue weighted by molar-refractivity contribution is -0.124. The van der Waals surface area contributed by atoms with E-state index in [1.165, 1.54) is 6.07 Å². The highest BCUT2D eigenvalue weighted by molar-refractivity contribution is 5.84. The second-order valence-electron chi connectivity index (χ2n) is 4.65. The van der Waals surface area contributed by atoms with Gasteiger partial charge < -0.3 is 15.8 Å². The highest BCUT2D eigenvalue weighted by atomic mass is 19.1. The molecule has 1 aromatic carbocycles. The van der Waals surface area contributed by atoms with Crippen molar-refractivity contribution in [2.45, 2.75) is 32.2 Å². The fourth-order valence-corrected chi connectivity index (χ4v) is 1.63. The van der Waals surface area contributed by atoms with Crippen molar-refractivity contribution in [3.8, 4) is 5.75 Å². The van der Waals surface area contributed by atoms with Crippen molar-refractivity contribution in [3.63, 3.8) is 0 Å². The maximum Gasteiger partial charge on any atom is 0.237 e. The zero-order valence-electron chi connectivity index (χ0n) is 11.4. The lowest BCUT2D eigenvalue weighted by Gasteiger charge is -2.27. The minimum absolute atomic E-state index is 0.185. The maximum atomic E-state index is 13.3. The number of carbonyl (C=O) groups is 1. The average molecular weight is 268 g/mol. The van der Waals surface area contributed by atoms with Gasteiger partial charge in [0.25, 0.3) is 0 Å². The summed E-state index contributed by atoms with van der Waals surface area (Å²) in [6.07, 6.45) is 1.29. The van der Waals surface area contributed by atoms with Gasteiger partial charge in [-0.2, -0.15) is 0 Å². The van der Waals surface area contributed by atoms with Crippen LogP contribution < -0.4 is 15.8 Å². The largest absolute Gasteiger partial charge is 0.490 e. The van der Waals surface area contributed by atoms with E-state index in [0.29, 0.717) is 13.0 Å². The number of nitrogens with two attached hydrogens (primary N) is 1. The molecular formula is C14H21FN2O2. The highest BCUT2D eigenvalue weighted by Gasteiger charge is 2.29. The molecule has 1 aromatic rings. The van der Waals surface area contributed by atoms with E-state index in [9.17, 15) is 9.18 Å². The van der Waals surface area contributed by atoms with Crippen LogP contribution in [-0.2, 0) is 4.79 Å². The summed E-state index contributed by atoms with van der Waals surface area (Å²) in [5.74, 6) is -0.660. The molecule has 1 rings (SSSR count). The Morgan fingerprint density at radius 2 is 2.16 bits per heavy atom. The molecule has 0 aliphatic carbocycles. The van der Waals surface area contributed by atoms with Crippen LogP contribution in [0.1, 0.15) is 26.7 Å². The van der Waals surface area contributed by atoms with E-state index in [4.69, 9.17) is 10.5 Å². The molecule has 0 aliphatic heterocycles. The van der Waals surface area contributed by atoms with Crippen LogP contribution in [0, 0.1) is 5.82 Å². The maximum absolute atomic E-state index is 13.3. The molecule has 0 radical (unpaired) electrons. The molecular weight excluding hydrogens is 247 g/mol. The molecule has 0 bridgehead atoms. The molecule has 1 atom stereocenters. The number of hydrogen-bond donors (Lipinski definition) is 2. The number of carbonyl (C=O) groups excluding carboxylic acids is 1. The van der Waals surface area contributed by atoms with Crippen molar-refractivity contribution >= 4 is 5.91 Å². The third kappa shape index (κ3) is 4.52. The molecule has 4 nitrogen and oxygen atoms in total. The van der Waals surface area contributed by atoms with Gasteiger partial charge in [0.2, 0.25) is 5.91 Å². The van der Waals surface area contributed by atoms with Gasteiger partial charge in [-0.3, -0.25) is 4.79 Å². The monoisotopic (exact) mass is 268 g/mol. The Labute approximate surface area is 113 Å². The van der Waals surface area contributed by atoms with Gasteiger partial charge in [0.1, 0.15) is 0 Å². The fourth-order valence-electron chi connectivity index (χ4n) is 1.63. The van der Waals surface area contributed by atoms with Crippen LogP contribution >= 0.6 is 0 Å². The minimum Gasteiger partial charge on any atom is -0.490 e. The first-order valence-electron chi connectivity index (χ1n) is 6.42. The topological polar surface area (TPSA) is 64.3 Å². The van der Waals surface area contributed by atoms with Crippen LogP contribution in [0.25, 0.3) is 0 Å². The number of hydrogen-bond acceptors (Lipinski definition) is 3. The number of para-hydroxylation sites is 1. The SMILES string of the molecule is CCCNC(C)(CCOc1ccccc1F)C(N)=O. The molecule has 0 heterocycles. The third-order valence-electron chi connectivity index (χ3n) is 3.01. The van der Waals surface area contributed by atoms with E-state index in [0.717, 1.165) is 6.42 Å². The molecule has 106 valence electrons. The van der Waals surface area contributed by atoms with Crippen molar-refractivity contribution in [2.24, 2.45) is 5.73 Å². The molecule has 3 N–H and O–H groups in total. The van der Waals surface area contributed by atoms with Crippen LogP contribution in [0.5, 0.6) is 5.75 Å². The molecule has 1 unspecified atom stereocenters. The molecule has 0 fully saturated rings. The van der Waals surface area contributed by atoms with Gasteiger partial charge in [-0.1, -0.05) is 19.1 Å². The Morgan fingerprint density at radius 3 is 2.74 bits per heavy atom. The van der Waals surface area contributed by atoms with Crippen molar-refractivity contribution in [2.75, 3.05) is 13.2 Å². The van der Waals surface area contributed by atoms with Crippen LogP contribution in [0.15, 0.2) is 24.3 Å². The lowest BCUT2D eigenvalue weighted by atomic mass is 9.97. The quantitative estimate of drug-likeness (QED) is 0.756. The Balaban J connectivity index is 2.53. The summed E-state index contributed by atoms with van der Waals surface area (Å²) < 4.78 is 18.7. The van der Waals surface area contributed by atoms with Crippen LogP contribution in [0.4, 0.5) is 4.39 Å². The standard InChI is InChI=1S/C14H21FN2O2/c1-3-9-17-14(2,13(16)18)8-10-19-12-7-5-4-6-11(12)15/h4-7,17H,3,8-10H2,1-2H3,(H2,16,18). The second-order valence-corrected chi connectivity index (χ2v) is 4.65. The van der Waals surface area contributed by atoms with E-state index in [1.807, 2.05) is 6.92 Å². The first-order chi connectivity index (χ1) is 8.99. The predicted octanol–water partition coefficient (Wildman–Crippen LogP) is 1.84. The summed E-state index contributed by atoms with van der Waals surface area (Å²) in [6, 6.07) is 6.17. The van der Waals surface area contributed by atoms with Crippen LogP contribution in [0.3, 0.4) is 0 Å². The van der Waals surface area contributed by atoms with E-state index in [2.05, 4.69) is 5.32 Å². The highest BCUT2D eigenvalue weighted by Crippen LogP contribution is 2.17. The van der Waals surface area contributed by atoms with Gasteiger partial charge in [0, 0.05) is 6.42 Å². The number of primary amides is 1. The Kier molecular flexibility index (Phi) is 5.76. The molecule has 1 amide bonds. The van der Waals surface area contributed by atoms with E-state index in [-0.39, 0.29) is 12.4 Å². The van der Waals surface area contributed by atoms with Crippen molar-refractivity contribution < 1.29 is 13.9 Å². The van der Waals surface area contributed by atoms with Gasteiger partial charge in [0.05, 0.1) is 12.1 Å². The third-order valence-corrected chi connectivity index (χ3v) is 3.01. The Morgan fingerprint density at radius 1 is 1.47 bits per heavy atom. The first-order valence-corrected chi connectivity index (χ1v) is 6.42. The van der Waals surface area contributed by atoms with Gasteiger partial charge in [-0.25, -0.2) is 4.39 Å². The second kappa shape index (κ2) is 7.09. The van der Waals surface area contributed by atoms with Crippen LogP contribution in [-0.4, -0.2) is 24.6 Å². The molecule has 0 aliphatic rings. The van der Waals surface area contributed by atoms with E-state index >= 15 is 0 Å². The van der Waals surface area contributed by atoms with E-state index < -0.39 is 17.3 Å². The number of amides is 1. The number of benzene rings is 1. The van der Waals surface area contributed by atoms with Crippen molar-refractivity contribution in [3.05, 3.63) is 30.1 Å². The van der Waals surface area contributed by atoms with Gasteiger partial charge in [-0.15, -0.1) is 0 Å². The molecule has 0 aromatic heterocycles. The number of ether oxygens (including phenoxy) is 1. The predicted molar refractivity (Wildman–Crippen MR) is 72.4 cm³/mol. The summed E-state index contributed by atoms with van der Waals surface area (Å²) in [6.45, 7) is 4.65. The van der Waals surface area contributed by atoms with Crippen molar-refractivity contribution in [1.29, 1.82) is 0 Å². The zero-order valence-corrected chi connectivity index (χ0v) is 11.4. The normalized spacial score (nSPS) is 13.8. The van der Waals surface area contributed by atoms with Gasteiger partial charge in [-0.05, 0) is 32.0 Å².